The van der Waals surface area contributed by atoms with Gasteiger partial charge in [-0.2, -0.15) is 0 Å². The van der Waals surface area contributed by atoms with Gasteiger partial charge in [0.2, 0.25) is 5.91 Å². The summed E-state index contributed by atoms with van der Waals surface area (Å²) < 4.78 is 32.9. The molecule has 0 radical (unpaired) electrons. The number of benzene rings is 2. The minimum absolute atomic E-state index is 0.0620. The fraction of sp³-hybridized carbons (Fsp3) is 0.111. The summed E-state index contributed by atoms with van der Waals surface area (Å²) >= 11 is 3.33. The van der Waals surface area contributed by atoms with E-state index in [-0.39, 0.29) is 16.9 Å². The molecule has 0 atom stereocenters. The second kappa shape index (κ2) is 6.40. The Bertz CT molecular complexity index is 940. The van der Waals surface area contributed by atoms with Crippen LogP contribution in [-0.4, -0.2) is 18.9 Å². The molecular formula is C18H12BrF2NO3. The Morgan fingerprint density at radius 1 is 1.12 bits per heavy atom. The van der Waals surface area contributed by atoms with Crippen molar-refractivity contribution in [2.24, 2.45) is 0 Å². The number of imide groups is 1. The molecule has 0 aliphatic carbocycles. The Morgan fingerprint density at radius 2 is 1.84 bits per heavy atom. The molecule has 2 aromatic carbocycles. The number of amides is 2. The molecule has 2 amide bonds. The van der Waals surface area contributed by atoms with Crippen LogP contribution in [0.1, 0.15) is 18.1 Å². The first-order chi connectivity index (χ1) is 11.8. The van der Waals surface area contributed by atoms with Crippen LogP contribution in [0.3, 0.4) is 0 Å². The Hall–Kier alpha value is -2.54. The molecule has 0 saturated carbocycles. The third-order valence-corrected chi connectivity index (χ3v) is 4.31. The molecular weight excluding hydrogens is 396 g/mol. The van der Waals surface area contributed by atoms with Crippen molar-refractivity contribution >= 4 is 44.8 Å². The van der Waals surface area contributed by atoms with Crippen molar-refractivity contribution in [2.45, 2.75) is 6.92 Å². The zero-order valence-electron chi connectivity index (χ0n) is 13.3. The highest BCUT2D eigenvalue weighted by atomic mass is 79.9. The lowest BCUT2D eigenvalue weighted by Crippen LogP contribution is -2.31. The number of hydrogen-bond donors (Lipinski definition) is 0. The maximum absolute atomic E-state index is 13.6. The first kappa shape index (κ1) is 17.3. The van der Waals surface area contributed by atoms with Gasteiger partial charge in [0.1, 0.15) is 5.76 Å². The summed E-state index contributed by atoms with van der Waals surface area (Å²) in [6.07, 6.45) is 0. The Balaban J connectivity index is 2.31. The minimum atomic E-state index is -1.06. The van der Waals surface area contributed by atoms with E-state index in [2.05, 4.69) is 15.9 Å². The summed E-state index contributed by atoms with van der Waals surface area (Å²) in [4.78, 5) is 25.8. The van der Waals surface area contributed by atoms with Crippen LogP contribution in [0.2, 0.25) is 0 Å². The molecule has 0 aromatic heterocycles. The first-order valence-electron chi connectivity index (χ1n) is 7.23. The van der Waals surface area contributed by atoms with Crippen LogP contribution >= 0.6 is 15.9 Å². The van der Waals surface area contributed by atoms with Gasteiger partial charge < -0.3 is 4.74 Å². The molecule has 7 heteroatoms. The van der Waals surface area contributed by atoms with Gasteiger partial charge >= 0.3 is 0 Å². The third-order valence-electron chi connectivity index (χ3n) is 3.81. The van der Waals surface area contributed by atoms with E-state index in [9.17, 15) is 18.4 Å². The van der Waals surface area contributed by atoms with E-state index in [1.54, 1.807) is 18.2 Å². The van der Waals surface area contributed by atoms with Gasteiger partial charge in [-0.1, -0.05) is 15.9 Å². The highest BCUT2D eigenvalue weighted by Gasteiger charge is 2.38. The highest BCUT2D eigenvalue weighted by molar-refractivity contribution is 9.10. The van der Waals surface area contributed by atoms with Crippen molar-refractivity contribution in [2.75, 3.05) is 12.0 Å². The van der Waals surface area contributed by atoms with Gasteiger partial charge in [-0.05, 0) is 36.4 Å². The summed E-state index contributed by atoms with van der Waals surface area (Å²) in [7, 11) is 1.32. The van der Waals surface area contributed by atoms with Gasteiger partial charge in [0.15, 0.2) is 11.6 Å². The van der Waals surface area contributed by atoms with Crippen LogP contribution in [0.15, 0.2) is 40.9 Å². The molecule has 25 heavy (non-hydrogen) atoms. The number of halogens is 3. The van der Waals surface area contributed by atoms with E-state index in [0.717, 1.165) is 17.0 Å². The summed E-state index contributed by atoms with van der Waals surface area (Å²) in [6, 6.07) is 8.21. The van der Waals surface area contributed by atoms with Gasteiger partial charge in [-0.25, -0.2) is 13.7 Å². The Morgan fingerprint density at radius 3 is 2.44 bits per heavy atom. The van der Waals surface area contributed by atoms with Crippen LogP contribution in [0, 0.1) is 11.6 Å². The topological polar surface area (TPSA) is 46.6 Å². The van der Waals surface area contributed by atoms with Crippen molar-refractivity contribution in [1.29, 1.82) is 0 Å². The van der Waals surface area contributed by atoms with Crippen LogP contribution in [0.5, 0.6) is 0 Å². The lowest BCUT2D eigenvalue weighted by molar-refractivity contribution is -0.122. The smallest absolute Gasteiger partial charge is 0.269 e. The summed E-state index contributed by atoms with van der Waals surface area (Å²) in [5.41, 5.74) is 1.19. The molecule has 2 aromatic rings. The van der Waals surface area contributed by atoms with Crippen LogP contribution in [0.25, 0.3) is 11.3 Å². The monoisotopic (exact) mass is 407 g/mol. The van der Waals surface area contributed by atoms with E-state index >= 15 is 0 Å². The molecule has 0 saturated heterocycles. The van der Waals surface area contributed by atoms with Crippen molar-refractivity contribution < 1.29 is 23.1 Å². The summed E-state index contributed by atoms with van der Waals surface area (Å²) in [5, 5.41) is 0. The molecule has 3 rings (SSSR count). The van der Waals surface area contributed by atoms with Gasteiger partial charge in [0.05, 0.1) is 18.4 Å². The second-order valence-electron chi connectivity index (χ2n) is 5.36. The molecule has 0 N–H and O–H groups in total. The predicted molar refractivity (Wildman–Crippen MR) is 92.5 cm³/mol. The average Bonchev–Trinajstić information content (AvgIpc) is 2.84. The summed E-state index contributed by atoms with van der Waals surface area (Å²) in [5.74, 6) is -3.04. The average molecular weight is 408 g/mol. The fourth-order valence-corrected chi connectivity index (χ4v) is 3.13. The zero-order valence-corrected chi connectivity index (χ0v) is 14.9. The predicted octanol–water partition coefficient (Wildman–Crippen LogP) is 4.14. The van der Waals surface area contributed by atoms with Crippen molar-refractivity contribution in [1.82, 2.24) is 0 Å². The van der Waals surface area contributed by atoms with E-state index in [1.165, 1.54) is 20.1 Å². The molecule has 1 aliphatic heterocycles. The van der Waals surface area contributed by atoms with Crippen LogP contribution < -0.4 is 4.90 Å². The number of ether oxygens (including phenoxy) is 1. The molecule has 1 heterocycles. The fourth-order valence-electron chi connectivity index (χ4n) is 2.77. The molecule has 1 aliphatic rings. The zero-order chi connectivity index (χ0) is 18.3. The van der Waals surface area contributed by atoms with Gasteiger partial charge in [-0.15, -0.1) is 0 Å². The van der Waals surface area contributed by atoms with Crippen molar-refractivity contribution in [3.8, 4) is 0 Å². The highest BCUT2D eigenvalue weighted by Crippen LogP contribution is 2.42. The van der Waals surface area contributed by atoms with Gasteiger partial charge in [0, 0.05) is 22.5 Å². The van der Waals surface area contributed by atoms with E-state index in [0.29, 0.717) is 15.7 Å². The number of methoxy groups -OCH3 is 1. The summed E-state index contributed by atoms with van der Waals surface area (Å²) in [6.45, 7) is 1.27. The second-order valence-corrected chi connectivity index (χ2v) is 6.27. The molecule has 128 valence electrons. The standard InChI is InChI=1S/C18H12BrF2NO3/c1-9(23)22-15-6-4-11(19)8-12(15)16(18(22)24)17(25-2)10-3-5-13(20)14(21)7-10/h3-8H,1-2H3/b17-16-. The van der Waals surface area contributed by atoms with Crippen LogP contribution in [-0.2, 0) is 14.3 Å². The van der Waals surface area contributed by atoms with E-state index in [1.807, 2.05) is 0 Å². The van der Waals surface area contributed by atoms with Crippen LogP contribution in [0.4, 0.5) is 14.5 Å². The Kier molecular flexibility index (Phi) is 4.43. The molecule has 0 spiro atoms. The van der Waals surface area contributed by atoms with Crippen molar-refractivity contribution in [3.63, 3.8) is 0 Å². The first-order valence-corrected chi connectivity index (χ1v) is 8.03. The minimum Gasteiger partial charge on any atom is -0.495 e. The third kappa shape index (κ3) is 2.84. The largest absolute Gasteiger partial charge is 0.495 e. The number of nitrogens with zero attached hydrogens (tertiary/aromatic N) is 1. The van der Waals surface area contributed by atoms with E-state index in [4.69, 9.17) is 4.74 Å². The number of rotatable bonds is 2. The number of carbonyl (C=O) groups excluding carboxylic acids is 2. The maximum Gasteiger partial charge on any atom is 0.269 e. The van der Waals surface area contributed by atoms with Crippen molar-refractivity contribution in [3.05, 3.63) is 63.6 Å². The van der Waals surface area contributed by atoms with E-state index < -0.39 is 23.4 Å². The number of anilines is 1. The molecule has 4 nitrogen and oxygen atoms in total. The lowest BCUT2D eigenvalue weighted by atomic mass is 10.0. The lowest BCUT2D eigenvalue weighted by Gasteiger charge is -2.12. The van der Waals surface area contributed by atoms with Gasteiger partial charge in [-0.3, -0.25) is 9.59 Å². The SMILES string of the molecule is CO/C(=C1\C(=O)N(C(C)=O)c2ccc(Br)cc21)c1ccc(F)c(F)c1. The quantitative estimate of drug-likeness (QED) is 0.555. The number of hydrogen-bond acceptors (Lipinski definition) is 3. The Labute approximate surface area is 150 Å². The molecule has 0 bridgehead atoms. The maximum atomic E-state index is 13.6. The molecule has 0 fully saturated rings. The molecule has 0 unspecified atom stereocenters. The normalized spacial score (nSPS) is 15.2. The van der Waals surface area contributed by atoms with Gasteiger partial charge in [0.25, 0.3) is 5.91 Å². The number of carbonyl (C=O) groups is 2. The number of fused-ring (bicyclic) bond motifs is 1.